The van der Waals surface area contributed by atoms with Gasteiger partial charge >= 0.3 is 0 Å². The Bertz CT molecular complexity index is 525. The van der Waals surface area contributed by atoms with Gasteiger partial charge in [0, 0.05) is 18.9 Å². The lowest BCUT2D eigenvalue weighted by Gasteiger charge is -2.06. The Morgan fingerprint density at radius 2 is 2.11 bits per heavy atom. The number of hydrogen-bond donors (Lipinski definition) is 2. The van der Waals surface area contributed by atoms with Gasteiger partial charge in [0.2, 0.25) is 0 Å². The summed E-state index contributed by atoms with van der Waals surface area (Å²) in [5.41, 5.74) is -0.207. The zero-order valence-electron chi connectivity index (χ0n) is 9.93. The minimum absolute atomic E-state index is 0.207. The number of hydrogen-bond acceptors (Lipinski definition) is 4. The maximum Gasteiger partial charge on any atom is 0.290 e. The molecule has 18 heavy (non-hydrogen) atoms. The third-order valence-electron chi connectivity index (χ3n) is 2.33. The van der Waals surface area contributed by atoms with Crippen molar-refractivity contribution >= 4 is 5.82 Å². The highest BCUT2D eigenvalue weighted by atomic mass is 16.5. The molecular formula is C13H15N3O2. The van der Waals surface area contributed by atoms with Crippen LogP contribution < -0.4 is 15.6 Å². The van der Waals surface area contributed by atoms with E-state index in [4.69, 9.17) is 4.74 Å². The van der Waals surface area contributed by atoms with E-state index in [1.807, 2.05) is 30.3 Å². The minimum atomic E-state index is -0.207. The molecule has 0 aliphatic heterocycles. The summed E-state index contributed by atoms with van der Waals surface area (Å²) in [4.78, 5) is 17.8. The molecule has 5 nitrogen and oxygen atoms in total. The van der Waals surface area contributed by atoms with Crippen LogP contribution in [0.15, 0.2) is 47.5 Å². The zero-order chi connectivity index (χ0) is 12.6. The highest BCUT2D eigenvalue weighted by Crippen LogP contribution is 2.08. The Balaban J connectivity index is 1.68. The molecule has 0 atom stereocenters. The van der Waals surface area contributed by atoms with E-state index in [2.05, 4.69) is 15.3 Å². The maximum absolute atomic E-state index is 11.3. The average Bonchev–Trinajstić information content (AvgIpc) is 2.42. The molecule has 0 aliphatic rings. The average molecular weight is 245 g/mol. The summed E-state index contributed by atoms with van der Waals surface area (Å²) in [5.74, 6) is 1.20. The first kappa shape index (κ1) is 12.2. The lowest BCUT2D eigenvalue weighted by molar-refractivity contribution is 0.315. The summed E-state index contributed by atoms with van der Waals surface area (Å²) >= 11 is 0. The van der Waals surface area contributed by atoms with Crippen LogP contribution in [0.4, 0.5) is 5.82 Å². The van der Waals surface area contributed by atoms with Crippen molar-refractivity contribution in [2.75, 3.05) is 18.5 Å². The van der Waals surface area contributed by atoms with Crippen LogP contribution in [0.5, 0.6) is 5.75 Å². The number of ether oxygens (including phenoxy) is 1. The third-order valence-corrected chi connectivity index (χ3v) is 2.33. The smallest absolute Gasteiger partial charge is 0.290 e. The summed E-state index contributed by atoms with van der Waals surface area (Å²) in [6.07, 6.45) is 3.85. The van der Waals surface area contributed by atoms with Gasteiger partial charge in [0.15, 0.2) is 5.82 Å². The van der Waals surface area contributed by atoms with Crippen LogP contribution in [0.2, 0.25) is 0 Å². The van der Waals surface area contributed by atoms with E-state index in [1.165, 1.54) is 6.20 Å². The highest BCUT2D eigenvalue weighted by molar-refractivity contribution is 5.29. The van der Waals surface area contributed by atoms with Crippen molar-refractivity contribution in [3.05, 3.63) is 53.1 Å². The van der Waals surface area contributed by atoms with E-state index in [1.54, 1.807) is 6.20 Å². The Hall–Kier alpha value is -2.30. The second-order valence-corrected chi connectivity index (χ2v) is 3.71. The van der Waals surface area contributed by atoms with Gasteiger partial charge in [-0.15, -0.1) is 0 Å². The van der Waals surface area contributed by atoms with Crippen molar-refractivity contribution in [1.29, 1.82) is 0 Å². The van der Waals surface area contributed by atoms with Crippen molar-refractivity contribution in [3.8, 4) is 5.75 Å². The normalized spacial score (nSPS) is 10.0. The first-order valence-electron chi connectivity index (χ1n) is 5.81. The van der Waals surface area contributed by atoms with Crippen LogP contribution in [-0.4, -0.2) is 23.1 Å². The lowest BCUT2D eigenvalue weighted by Crippen LogP contribution is -2.17. The van der Waals surface area contributed by atoms with Gasteiger partial charge in [-0.2, -0.15) is 0 Å². The second-order valence-electron chi connectivity index (χ2n) is 3.71. The number of aromatic amines is 1. The van der Waals surface area contributed by atoms with Crippen LogP contribution in [0.1, 0.15) is 6.42 Å². The molecule has 5 heteroatoms. The van der Waals surface area contributed by atoms with E-state index in [-0.39, 0.29) is 5.56 Å². The molecule has 0 unspecified atom stereocenters. The molecule has 2 rings (SSSR count). The molecule has 0 saturated heterocycles. The van der Waals surface area contributed by atoms with E-state index < -0.39 is 0 Å². The largest absolute Gasteiger partial charge is 0.494 e. The molecule has 1 heterocycles. The van der Waals surface area contributed by atoms with Crippen LogP contribution in [-0.2, 0) is 0 Å². The highest BCUT2D eigenvalue weighted by Gasteiger charge is 1.98. The molecule has 0 fully saturated rings. The van der Waals surface area contributed by atoms with Gasteiger partial charge in [0.1, 0.15) is 5.75 Å². The van der Waals surface area contributed by atoms with Crippen LogP contribution in [0.25, 0.3) is 0 Å². The Morgan fingerprint density at radius 3 is 2.89 bits per heavy atom. The van der Waals surface area contributed by atoms with Crippen molar-refractivity contribution in [2.45, 2.75) is 6.42 Å². The summed E-state index contributed by atoms with van der Waals surface area (Å²) in [6.45, 7) is 1.24. The molecule has 94 valence electrons. The number of nitrogens with zero attached hydrogens (tertiary/aromatic N) is 1. The second kappa shape index (κ2) is 6.44. The van der Waals surface area contributed by atoms with Gasteiger partial charge in [-0.1, -0.05) is 18.2 Å². The predicted octanol–water partition coefficient (Wildman–Crippen LogP) is 1.65. The molecule has 0 amide bonds. The van der Waals surface area contributed by atoms with E-state index in [0.717, 1.165) is 12.2 Å². The topological polar surface area (TPSA) is 67.0 Å². The summed E-state index contributed by atoms with van der Waals surface area (Å²) in [5, 5.41) is 2.96. The van der Waals surface area contributed by atoms with Gasteiger partial charge < -0.3 is 15.0 Å². The molecule has 0 radical (unpaired) electrons. The fourth-order valence-corrected chi connectivity index (χ4v) is 1.46. The number of H-pyrrole nitrogens is 1. The molecule has 2 aromatic rings. The number of para-hydroxylation sites is 1. The third kappa shape index (κ3) is 3.62. The Kier molecular flexibility index (Phi) is 4.35. The van der Waals surface area contributed by atoms with Gasteiger partial charge in [0.05, 0.1) is 6.61 Å². The Morgan fingerprint density at radius 1 is 1.28 bits per heavy atom. The van der Waals surface area contributed by atoms with Crippen molar-refractivity contribution in [1.82, 2.24) is 9.97 Å². The number of aromatic nitrogens is 2. The number of nitrogens with one attached hydrogen (secondary N) is 2. The molecule has 0 spiro atoms. The molecule has 0 saturated carbocycles. The molecule has 1 aromatic carbocycles. The Labute approximate surface area is 105 Å². The number of anilines is 1. The molecule has 0 aliphatic carbocycles. The summed E-state index contributed by atoms with van der Waals surface area (Å²) in [6, 6.07) is 9.64. The number of benzene rings is 1. The van der Waals surface area contributed by atoms with Crippen LogP contribution in [0, 0.1) is 0 Å². The van der Waals surface area contributed by atoms with Gasteiger partial charge in [-0.25, -0.2) is 4.98 Å². The van der Waals surface area contributed by atoms with Gasteiger partial charge in [0.25, 0.3) is 5.56 Å². The summed E-state index contributed by atoms with van der Waals surface area (Å²) < 4.78 is 5.53. The molecule has 0 bridgehead atoms. The molecule has 2 N–H and O–H groups in total. The van der Waals surface area contributed by atoms with Crippen molar-refractivity contribution in [2.24, 2.45) is 0 Å². The number of rotatable bonds is 6. The standard InChI is InChI=1S/C13H15N3O2/c17-13-12(15-8-9-16-13)14-7-4-10-18-11-5-2-1-3-6-11/h1-3,5-6,8-9H,4,7,10H2,(H,14,15)(H,16,17). The quantitative estimate of drug-likeness (QED) is 0.759. The summed E-state index contributed by atoms with van der Waals surface area (Å²) in [7, 11) is 0. The van der Waals surface area contributed by atoms with Crippen molar-refractivity contribution in [3.63, 3.8) is 0 Å². The van der Waals surface area contributed by atoms with Gasteiger partial charge in [-0.3, -0.25) is 4.79 Å². The maximum atomic E-state index is 11.3. The molecular weight excluding hydrogens is 230 g/mol. The fourth-order valence-electron chi connectivity index (χ4n) is 1.46. The van der Waals surface area contributed by atoms with E-state index in [0.29, 0.717) is 19.0 Å². The first-order chi connectivity index (χ1) is 8.86. The van der Waals surface area contributed by atoms with Crippen molar-refractivity contribution < 1.29 is 4.74 Å². The van der Waals surface area contributed by atoms with E-state index in [9.17, 15) is 4.79 Å². The molecule has 1 aromatic heterocycles. The SMILES string of the molecule is O=c1[nH]ccnc1NCCCOc1ccccc1. The first-order valence-corrected chi connectivity index (χ1v) is 5.81. The fraction of sp³-hybridized carbons (Fsp3) is 0.231. The zero-order valence-corrected chi connectivity index (χ0v) is 9.93. The van der Waals surface area contributed by atoms with Crippen LogP contribution in [0.3, 0.4) is 0 Å². The van der Waals surface area contributed by atoms with E-state index >= 15 is 0 Å². The monoisotopic (exact) mass is 245 g/mol. The lowest BCUT2D eigenvalue weighted by atomic mass is 10.3. The predicted molar refractivity (Wildman–Crippen MR) is 69.9 cm³/mol. The van der Waals surface area contributed by atoms with Gasteiger partial charge in [-0.05, 0) is 18.6 Å². The van der Waals surface area contributed by atoms with Crippen LogP contribution >= 0.6 is 0 Å². The minimum Gasteiger partial charge on any atom is -0.494 e.